The number of aliphatic hydroxyl groups is 1. The fourth-order valence-electron chi connectivity index (χ4n) is 1.96. The Labute approximate surface area is 131 Å². The molecule has 0 saturated heterocycles. The summed E-state index contributed by atoms with van der Waals surface area (Å²) in [6.45, 7) is -0.101. The van der Waals surface area contributed by atoms with Crippen molar-refractivity contribution in [2.45, 2.75) is 18.9 Å². The first-order valence-electron chi connectivity index (χ1n) is 6.63. The fraction of sp³-hybridized carbons (Fsp3) is 0.357. The van der Waals surface area contributed by atoms with Gasteiger partial charge in [0.1, 0.15) is 11.5 Å². The van der Waals surface area contributed by atoms with E-state index in [2.05, 4.69) is 10.4 Å². The summed E-state index contributed by atoms with van der Waals surface area (Å²) in [6.07, 6.45) is -0.603. The van der Waals surface area contributed by atoms with Gasteiger partial charge in [-0.2, -0.15) is 5.10 Å². The van der Waals surface area contributed by atoms with Crippen molar-refractivity contribution in [1.82, 2.24) is 10.3 Å². The molecule has 0 fully saturated rings. The summed E-state index contributed by atoms with van der Waals surface area (Å²) in [5.74, 6) is -1.26. The highest BCUT2D eigenvalue weighted by Gasteiger charge is 2.22. The molecule has 6 nitrogen and oxygen atoms in total. The lowest BCUT2D eigenvalue weighted by Gasteiger charge is -2.19. The third kappa shape index (κ3) is 3.80. The molecule has 2 amide bonds. The molecule has 1 aliphatic rings. The molecule has 1 aromatic rings. The topological polar surface area (TPSA) is 82.0 Å². The average molecular weight is 328 g/mol. The standard InChI is InChI=1S/C14H15ClFN3O3/c1-19-13(21)5-4-11(18-19)14(22)17-7-12(20)8-2-3-9(15)10(16)6-8/h2-3,6,12,20H,4-5,7H2,1H3,(H,17,22). The van der Waals surface area contributed by atoms with Crippen LogP contribution in [0.3, 0.4) is 0 Å². The van der Waals surface area contributed by atoms with Crippen molar-refractivity contribution < 1.29 is 19.1 Å². The largest absolute Gasteiger partial charge is 0.387 e. The Morgan fingerprint density at radius 1 is 1.55 bits per heavy atom. The molecule has 2 N–H and O–H groups in total. The van der Waals surface area contributed by atoms with Crippen molar-refractivity contribution in [3.8, 4) is 0 Å². The number of nitrogens with one attached hydrogen (secondary N) is 1. The molecule has 0 saturated carbocycles. The summed E-state index contributed by atoms with van der Waals surface area (Å²) in [7, 11) is 1.47. The van der Waals surface area contributed by atoms with E-state index in [4.69, 9.17) is 11.6 Å². The van der Waals surface area contributed by atoms with Crippen LogP contribution >= 0.6 is 11.6 Å². The molecular weight excluding hydrogens is 313 g/mol. The van der Waals surface area contributed by atoms with E-state index in [0.717, 1.165) is 11.1 Å². The van der Waals surface area contributed by atoms with Crippen LogP contribution in [-0.2, 0) is 9.59 Å². The maximum Gasteiger partial charge on any atom is 0.267 e. The van der Waals surface area contributed by atoms with Crippen molar-refractivity contribution >= 4 is 29.1 Å². The lowest BCUT2D eigenvalue weighted by molar-refractivity contribution is -0.130. The predicted molar refractivity (Wildman–Crippen MR) is 78.8 cm³/mol. The molecule has 1 aliphatic heterocycles. The van der Waals surface area contributed by atoms with Crippen molar-refractivity contribution in [2.24, 2.45) is 5.10 Å². The maximum atomic E-state index is 13.3. The molecule has 1 atom stereocenters. The SMILES string of the molecule is CN1N=C(C(=O)NCC(O)c2ccc(Cl)c(F)c2)CCC1=O. The number of carbonyl (C=O) groups excluding carboxylic acids is 2. The van der Waals surface area contributed by atoms with Gasteiger partial charge < -0.3 is 10.4 Å². The lowest BCUT2D eigenvalue weighted by Crippen LogP contribution is -2.39. The van der Waals surface area contributed by atoms with Crippen molar-refractivity contribution in [1.29, 1.82) is 0 Å². The van der Waals surface area contributed by atoms with Gasteiger partial charge in [0.15, 0.2) is 0 Å². The van der Waals surface area contributed by atoms with Crippen molar-refractivity contribution in [3.63, 3.8) is 0 Å². The molecule has 118 valence electrons. The van der Waals surface area contributed by atoms with Gasteiger partial charge in [-0.1, -0.05) is 17.7 Å². The van der Waals surface area contributed by atoms with Gasteiger partial charge in [-0.05, 0) is 17.7 Å². The summed E-state index contributed by atoms with van der Waals surface area (Å²) in [5, 5.41) is 17.4. The smallest absolute Gasteiger partial charge is 0.267 e. The number of rotatable bonds is 4. The molecule has 22 heavy (non-hydrogen) atoms. The second kappa shape index (κ2) is 6.85. The number of nitrogens with zero attached hydrogens (tertiary/aromatic N) is 2. The molecule has 1 heterocycles. The van der Waals surface area contributed by atoms with E-state index >= 15 is 0 Å². The Morgan fingerprint density at radius 2 is 2.27 bits per heavy atom. The number of hydrazone groups is 1. The van der Waals surface area contributed by atoms with Crippen molar-refractivity contribution in [2.75, 3.05) is 13.6 Å². The zero-order chi connectivity index (χ0) is 16.3. The second-order valence-corrected chi connectivity index (χ2v) is 5.27. The van der Waals surface area contributed by atoms with Crippen LogP contribution in [0.15, 0.2) is 23.3 Å². The van der Waals surface area contributed by atoms with Gasteiger partial charge in [0, 0.05) is 26.4 Å². The first-order chi connectivity index (χ1) is 10.4. The Bertz CT molecular complexity index is 636. The molecule has 0 aromatic heterocycles. The van der Waals surface area contributed by atoms with Gasteiger partial charge in [-0.15, -0.1) is 0 Å². The van der Waals surface area contributed by atoms with Crippen LogP contribution in [0.4, 0.5) is 4.39 Å². The van der Waals surface area contributed by atoms with Gasteiger partial charge in [0.25, 0.3) is 5.91 Å². The lowest BCUT2D eigenvalue weighted by atomic mass is 10.1. The van der Waals surface area contributed by atoms with Crippen LogP contribution < -0.4 is 5.32 Å². The first-order valence-corrected chi connectivity index (χ1v) is 7.01. The van der Waals surface area contributed by atoms with Gasteiger partial charge in [-0.3, -0.25) is 9.59 Å². The second-order valence-electron chi connectivity index (χ2n) is 4.86. The number of hydrogen-bond acceptors (Lipinski definition) is 4. The quantitative estimate of drug-likeness (QED) is 0.873. The molecule has 8 heteroatoms. The van der Waals surface area contributed by atoms with E-state index in [0.29, 0.717) is 5.56 Å². The van der Waals surface area contributed by atoms with Gasteiger partial charge in [0.2, 0.25) is 5.91 Å². The van der Waals surface area contributed by atoms with E-state index < -0.39 is 17.8 Å². The normalized spacial score (nSPS) is 16.3. The van der Waals surface area contributed by atoms with Crippen LogP contribution in [0.5, 0.6) is 0 Å². The number of aliphatic hydroxyl groups excluding tert-OH is 1. The Balaban J connectivity index is 1.94. The average Bonchev–Trinajstić information content (AvgIpc) is 2.50. The minimum atomic E-state index is -1.07. The monoisotopic (exact) mass is 327 g/mol. The number of halogens is 2. The van der Waals surface area contributed by atoms with Crippen LogP contribution in [0, 0.1) is 5.82 Å². The number of carbonyl (C=O) groups is 2. The highest BCUT2D eigenvalue weighted by molar-refractivity contribution is 6.39. The summed E-state index contributed by atoms with van der Waals surface area (Å²) in [5.41, 5.74) is 0.525. The van der Waals surface area contributed by atoms with E-state index in [1.54, 1.807) is 0 Å². The molecule has 1 aromatic carbocycles. The number of hydrogen-bond donors (Lipinski definition) is 2. The zero-order valence-electron chi connectivity index (χ0n) is 11.8. The number of benzene rings is 1. The molecule has 0 bridgehead atoms. The van der Waals surface area contributed by atoms with Crippen LogP contribution in [-0.4, -0.2) is 41.2 Å². The fourth-order valence-corrected chi connectivity index (χ4v) is 2.08. The van der Waals surface area contributed by atoms with E-state index in [1.807, 2.05) is 0 Å². The molecule has 1 unspecified atom stereocenters. The molecule has 0 aliphatic carbocycles. The summed E-state index contributed by atoms with van der Waals surface area (Å²) in [6, 6.07) is 3.93. The Kier molecular flexibility index (Phi) is 5.10. The third-order valence-corrected chi connectivity index (χ3v) is 3.56. The van der Waals surface area contributed by atoms with E-state index in [1.165, 1.54) is 19.2 Å². The van der Waals surface area contributed by atoms with Gasteiger partial charge in [0.05, 0.1) is 11.1 Å². The summed E-state index contributed by atoms with van der Waals surface area (Å²) < 4.78 is 13.3. The molecule has 0 spiro atoms. The van der Waals surface area contributed by atoms with Crippen LogP contribution in [0.2, 0.25) is 5.02 Å². The van der Waals surface area contributed by atoms with Crippen LogP contribution in [0.25, 0.3) is 0 Å². The Hall–Kier alpha value is -1.99. The molecular formula is C14H15ClFN3O3. The summed E-state index contributed by atoms with van der Waals surface area (Å²) >= 11 is 5.57. The zero-order valence-corrected chi connectivity index (χ0v) is 12.6. The van der Waals surface area contributed by atoms with E-state index in [-0.39, 0.29) is 36.0 Å². The van der Waals surface area contributed by atoms with Crippen LogP contribution in [0.1, 0.15) is 24.5 Å². The first kappa shape index (κ1) is 16.4. The highest BCUT2D eigenvalue weighted by atomic mass is 35.5. The van der Waals surface area contributed by atoms with Gasteiger partial charge in [-0.25, -0.2) is 9.40 Å². The Morgan fingerprint density at radius 3 is 2.91 bits per heavy atom. The summed E-state index contributed by atoms with van der Waals surface area (Å²) in [4.78, 5) is 23.2. The molecule has 0 radical (unpaired) electrons. The van der Waals surface area contributed by atoms with Crippen molar-refractivity contribution in [3.05, 3.63) is 34.6 Å². The number of amides is 2. The maximum absolute atomic E-state index is 13.3. The third-order valence-electron chi connectivity index (χ3n) is 3.25. The molecule has 2 rings (SSSR count). The predicted octanol–water partition coefficient (Wildman–Crippen LogP) is 1.24. The van der Waals surface area contributed by atoms with Gasteiger partial charge >= 0.3 is 0 Å². The van der Waals surface area contributed by atoms with E-state index in [9.17, 15) is 19.1 Å². The highest BCUT2D eigenvalue weighted by Crippen LogP contribution is 2.20. The minimum absolute atomic E-state index is 0.0377. The minimum Gasteiger partial charge on any atom is -0.387 e.